The molecule has 0 fully saturated rings. The maximum absolute atomic E-state index is 12.9. The van der Waals surface area contributed by atoms with Crippen molar-refractivity contribution in [3.05, 3.63) is 74.0 Å². The molecular weight excluding hydrogens is 470 g/mol. The number of nitrogens with one attached hydrogen (secondary N) is 1. The number of thiophene rings is 1. The van der Waals surface area contributed by atoms with Gasteiger partial charge in [0.25, 0.3) is 5.56 Å². The summed E-state index contributed by atoms with van der Waals surface area (Å²) in [6, 6.07) is 11.5. The maximum Gasteiger partial charge on any atom is 0.330 e. The summed E-state index contributed by atoms with van der Waals surface area (Å²) < 4.78 is 3.44. The third-order valence-electron chi connectivity index (χ3n) is 5.55. The second kappa shape index (κ2) is 9.43. The van der Waals surface area contributed by atoms with Gasteiger partial charge in [0.2, 0.25) is 0 Å². The zero-order valence-corrected chi connectivity index (χ0v) is 20.2. The molecule has 3 N–H and O–H groups in total. The van der Waals surface area contributed by atoms with Gasteiger partial charge in [0.15, 0.2) is 16.3 Å². The van der Waals surface area contributed by atoms with Gasteiger partial charge in [-0.15, -0.1) is 11.3 Å². The Morgan fingerprint density at radius 3 is 2.71 bits per heavy atom. The molecule has 0 aliphatic rings. The molecule has 5 aromatic rings. The lowest BCUT2D eigenvalue weighted by Gasteiger charge is -2.09. The molecule has 174 valence electrons. The van der Waals surface area contributed by atoms with Crippen LogP contribution in [0.2, 0.25) is 0 Å². The number of nitrogen functional groups attached to an aromatic ring is 1. The zero-order valence-electron chi connectivity index (χ0n) is 18.5. The normalized spacial score (nSPS) is 11.6. The number of fused-ring (bicyclic) bond motifs is 2. The fourth-order valence-electron chi connectivity index (χ4n) is 3.85. The lowest BCUT2D eigenvalue weighted by atomic mass is 10.2. The molecule has 11 heteroatoms. The lowest BCUT2D eigenvalue weighted by Crippen LogP contribution is -2.31. The number of rotatable bonds is 8. The molecule has 0 saturated carbocycles. The van der Waals surface area contributed by atoms with E-state index in [1.54, 1.807) is 0 Å². The standard InChI is InChI=1S/C23H23N7O2S2/c1-2-3-10-29-16(13-34-22-26-18(24)15-9-11-33-21(15)28-22)25-19-17(29)20(31)27-23(32)30(19)12-14-7-5-4-6-8-14/h4-9,11H,2-3,10,12-13H2,1H3,(H2,24,26,28)(H,27,31,32). The summed E-state index contributed by atoms with van der Waals surface area (Å²) in [6.07, 6.45) is 1.84. The summed E-state index contributed by atoms with van der Waals surface area (Å²) in [6.45, 7) is 3.04. The van der Waals surface area contributed by atoms with Crippen LogP contribution in [-0.4, -0.2) is 29.1 Å². The molecule has 4 aromatic heterocycles. The molecule has 34 heavy (non-hydrogen) atoms. The highest BCUT2D eigenvalue weighted by molar-refractivity contribution is 7.98. The number of hydrogen-bond donors (Lipinski definition) is 2. The monoisotopic (exact) mass is 493 g/mol. The average Bonchev–Trinajstić information content (AvgIpc) is 3.45. The van der Waals surface area contributed by atoms with E-state index in [9.17, 15) is 9.59 Å². The van der Waals surface area contributed by atoms with E-state index in [2.05, 4.69) is 21.9 Å². The summed E-state index contributed by atoms with van der Waals surface area (Å²) in [5.74, 6) is 1.58. The van der Waals surface area contributed by atoms with Crippen molar-refractivity contribution in [3.63, 3.8) is 0 Å². The second-order valence-electron chi connectivity index (χ2n) is 7.86. The van der Waals surface area contributed by atoms with E-state index < -0.39 is 11.2 Å². The molecule has 0 unspecified atom stereocenters. The SMILES string of the molecule is CCCCn1c(CSc2nc(N)c3ccsc3n2)nc2c1c(=O)[nH]c(=O)n2Cc1ccccc1. The molecule has 0 amide bonds. The first-order valence-electron chi connectivity index (χ1n) is 10.9. The van der Waals surface area contributed by atoms with E-state index in [1.165, 1.54) is 27.7 Å². The quantitative estimate of drug-likeness (QED) is 0.250. The predicted molar refractivity (Wildman–Crippen MR) is 136 cm³/mol. The molecule has 0 atom stereocenters. The number of thioether (sulfide) groups is 1. The van der Waals surface area contributed by atoms with Crippen LogP contribution in [0.15, 0.2) is 56.5 Å². The molecule has 0 aliphatic heterocycles. The number of nitrogens with zero attached hydrogens (tertiary/aromatic N) is 5. The van der Waals surface area contributed by atoms with Gasteiger partial charge in [0.1, 0.15) is 16.5 Å². The van der Waals surface area contributed by atoms with Crippen molar-refractivity contribution in [3.8, 4) is 0 Å². The number of hydrogen-bond acceptors (Lipinski definition) is 8. The van der Waals surface area contributed by atoms with Gasteiger partial charge in [-0.05, 0) is 23.4 Å². The Labute approximate surface area is 202 Å². The van der Waals surface area contributed by atoms with Crippen LogP contribution in [0.1, 0.15) is 31.2 Å². The third kappa shape index (κ3) is 4.24. The number of nitrogens with two attached hydrogens (primary N) is 1. The molecule has 0 radical (unpaired) electrons. The first-order valence-corrected chi connectivity index (χ1v) is 12.8. The van der Waals surface area contributed by atoms with Crippen LogP contribution >= 0.6 is 23.1 Å². The van der Waals surface area contributed by atoms with E-state index in [-0.39, 0.29) is 0 Å². The Bertz CT molecular complexity index is 1580. The minimum atomic E-state index is -0.472. The van der Waals surface area contributed by atoms with Gasteiger partial charge in [-0.1, -0.05) is 55.4 Å². The highest BCUT2D eigenvalue weighted by Gasteiger charge is 2.19. The van der Waals surface area contributed by atoms with Gasteiger partial charge < -0.3 is 10.3 Å². The van der Waals surface area contributed by atoms with E-state index in [4.69, 9.17) is 10.7 Å². The number of aromatic amines is 1. The maximum atomic E-state index is 12.9. The molecular formula is C23H23N7O2S2. The second-order valence-corrected chi connectivity index (χ2v) is 9.69. The average molecular weight is 494 g/mol. The number of aromatic nitrogens is 6. The van der Waals surface area contributed by atoms with Gasteiger partial charge in [-0.3, -0.25) is 14.3 Å². The van der Waals surface area contributed by atoms with Gasteiger partial charge in [0, 0.05) is 6.54 Å². The first kappa shape index (κ1) is 22.4. The molecule has 0 bridgehead atoms. The summed E-state index contributed by atoms with van der Waals surface area (Å²) >= 11 is 2.92. The Morgan fingerprint density at radius 1 is 1.09 bits per heavy atom. The molecule has 0 spiro atoms. The molecule has 4 heterocycles. The molecule has 1 aromatic carbocycles. The van der Waals surface area contributed by atoms with E-state index in [0.717, 1.165) is 28.6 Å². The van der Waals surface area contributed by atoms with Crippen molar-refractivity contribution in [2.75, 3.05) is 5.73 Å². The summed E-state index contributed by atoms with van der Waals surface area (Å²) in [4.78, 5) is 42.7. The summed E-state index contributed by atoms with van der Waals surface area (Å²) in [5, 5.41) is 3.34. The highest BCUT2D eigenvalue weighted by Crippen LogP contribution is 2.28. The van der Waals surface area contributed by atoms with Gasteiger partial charge in [-0.2, -0.15) is 0 Å². The number of aryl methyl sites for hydroxylation is 1. The minimum absolute atomic E-state index is 0.318. The van der Waals surface area contributed by atoms with Crippen LogP contribution in [0.25, 0.3) is 21.4 Å². The van der Waals surface area contributed by atoms with Gasteiger partial charge >= 0.3 is 5.69 Å². The van der Waals surface area contributed by atoms with Crippen molar-refractivity contribution in [1.82, 2.24) is 29.1 Å². The molecule has 5 rings (SSSR count). The van der Waals surface area contributed by atoms with Crippen molar-refractivity contribution < 1.29 is 0 Å². The Balaban J connectivity index is 1.57. The van der Waals surface area contributed by atoms with Gasteiger partial charge in [-0.25, -0.2) is 19.7 Å². The fourth-order valence-corrected chi connectivity index (χ4v) is 5.48. The highest BCUT2D eigenvalue weighted by atomic mass is 32.2. The number of H-pyrrole nitrogens is 1. The van der Waals surface area contributed by atoms with Crippen molar-refractivity contribution in [1.29, 1.82) is 0 Å². The summed E-state index contributed by atoms with van der Waals surface area (Å²) in [7, 11) is 0. The van der Waals surface area contributed by atoms with Crippen LogP contribution in [-0.2, 0) is 18.8 Å². The smallest absolute Gasteiger partial charge is 0.330 e. The number of benzene rings is 1. The first-order chi connectivity index (χ1) is 16.5. The predicted octanol–water partition coefficient (Wildman–Crippen LogP) is 3.61. The molecule has 0 saturated heterocycles. The summed E-state index contributed by atoms with van der Waals surface area (Å²) in [5.41, 5.74) is 6.94. The van der Waals surface area contributed by atoms with Crippen molar-refractivity contribution >= 4 is 50.3 Å². The Hall–Kier alpha value is -3.44. The zero-order chi connectivity index (χ0) is 23.7. The van der Waals surface area contributed by atoms with Crippen LogP contribution in [0.5, 0.6) is 0 Å². The van der Waals surface area contributed by atoms with Crippen molar-refractivity contribution in [2.45, 2.75) is 43.8 Å². The Morgan fingerprint density at radius 2 is 1.91 bits per heavy atom. The lowest BCUT2D eigenvalue weighted by molar-refractivity contribution is 0.626. The Kier molecular flexibility index (Phi) is 6.20. The number of imidazole rings is 1. The number of anilines is 1. The number of unbranched alkanes of at least 4 members (excludes halogenated alkanes) is 1. The van der Waals surface area contributed by atoms with Crippen LogP contribution in [0.4, 0.5) is 5.82 Å². The third-order valence-corrected chi connectivity index (χ3v) is 7.20. The van der Waals surface area contributed by atoms with E-state index >= 15 is 0 Å². The van der Waals surface area contributed by atoms with E-state index in [1.807, 2.05) is 46.3 Å². The van der Waals surface area contributed by atoms with Crippen molar-refractivity contribution in [2.24, 2.45) is 0 Å². The van der Waals surface area contributed by atoms with Crippen LogP contribution in [0, 0.1) is 0 Å². The van der Waals surface area contributed by atoms with Crippen LogP contribution in [0.3, 0.4) is 0 Å². The topological polar surface area (TPSA) is 124 Å². The molecule has 9 nitrogen and oxygen atoms in total. The fraction of sp³-hybridized carbons (Fsp3) is 0.261. The van der Waals surface area contributed by atoms with Gasteiger partial charge in [0.05, 0.1) is 17.7 Å². The molecule has 0 aliphatic carbocycles. The minimum Gasteiger partial charge on any atom is -0.383 e. The largest absolute Gasteiger partial charge is 0.383 e. The van der Waals surface area contributed by atoms with Crippen LogP contribution < -0.4 is 17.0 Å². The van der Waals surface area contributed by atoms with E-state index in [0.29, 0.717) is 46.8 Å².